The Labute approximate surface area is 131 Å². The largest absolute Gasteiger partial charge is 0.435 e. The van der Waals surface area contributed by atoms with E-state index in [0.29, 0.717) is 5.89 Å². The van der Waals surface area contributed by atoms with Gasteiger partial charge in [0.25, 0.3) is 0 Å². The van der Waals surface area contributed by atoms with Crippen molar-refractivity contribution in [1.29, 1.82) is 0 Å². The monoisotopic (exact) mass is 332 g/mol. The number of hydrogen-bond donors (Lipinski definition) is 1. The molecule has 0 bridgehead atoms. The van der Waals surface area contributed by atoms with Crippen molar-refractivity contribution >= 4 is 0 Å². The molecule has 0 atom stereocenters. The topological polar surface area (TPSA) is 77.0 Å². The molecule has 9 heteroatoms. The second-order valence-corrected chi connectivity index (χ2v) is 6.29. The van der Waals surface area contributed by atoms with E-state index in [0.717, 1.165) is 4.68 Å². The Morgan fingerprint density at radius 3 is 2.48 bits per heavy atom. The summed E-state index contributed by atoms with van der Waals surface area (Å²) in [6.45, 7) is 5.50. The van der Waals surface area contributed by atoms with E-state index < -0.39 is 11.9 Å². The average molecular weight is 332 g/mol. The zero-order chi connectivity index (χ0) is 17.3. The van der Waals surface area contributed by atoms with Gasteiger partial charge in [0.15, 0.2) is 11.5 Å². The van der Waals surface area contributed by atoms with Gasteiger partial charge in [0.1, 0.15) is 6.54 Å². The summed E-state index contributed by atoms with van der Waals surface area (Å²) in [7, 11) is 0. The molecule has 2 rings (SSSR count). The molecule has 0 aliphatic heterocycles. The van der Waals surface area contributed by atoms with Crippen LogP contribution >= 0.6 is 0 Å². The Hall–Kier alpha value is -1.90. The second kappa shape index (κ2) is 6.31. The summed E-state index contributed by atoms with van der Waals surface area (Å²) in [6, 6.07) is 0. The van der Waals surface area contributed by atoms with Gasteiger partial charge < -0.3 is 9.63 Å². The lowest BCUT2D eigenvalue weighted by Gasteiger charge is -2.10. The van der Waals surface area contributed by atoms with E-state index >= 15 is 0 Å². The molecule has 0 amide bonds. The van der Waals surface area contributed by atoms with E-state index in [4.69, 9.17) is 9.63 Å². The molecule has 0 saturated carbocycles. The van der Waals surface area contributed by atoms with Crippen molar-refractivity contribution in [3.8, 4) is 0 Å². The van der Waals surface area contributed by atoms with Gasteiger partial charge in [-0.25, -0.2) is 0 Å². The number of halogens is 3. The summed E-state index contributed by atoms with van der Waals surface area (Å²) in [5.41, 5.74) is -1.23. The molecule has 6 nitrogen and oxygen atoms in total. The van der Waals surface area contributed by atoms with Gasteiger partial charge in [0.05, 0.1) is 0 Å². The van der Waals surface area contributed by atoms with Crippen molar-refractivity contribution in [2.45, 2.75) is 51.7 Å². The van der Waals surface area contributed by atoms with Crippen LogP contribution in [-0.4, -0.2) is 31.6 Å². The first-order valence-corrected chi connectivity index (χ1v) is 7.18. The SMILES string of the molecule is CC(C)(C)c1nc(Cn2cc(CCCO)c(C(F)(F)F)n2)no1. The van der Waals surface area contributed by atoms with Crippen LogP contribution in [0.5, 0.6) is 0 Å². The molecular formula is C14H19F3N4O2. The van der Waals surface area contributed by atoms with Crippen molar-refractivity contribution in [2.24, 2.45) is 0 Å². The van der Waals surface area contributed by atoms with Gasteiger partial charge in [-0.3, -0.25) is 4.68 Å². The first-order chi connectivity index (χ1) is 10.6. The molecule has 128 valence electrons. The number of aromatic nitrogens is 4. The molecule has 0 spiro atoms. The minimum absolute atomic E-state index is 0.0121. The van der Waals surface area contributed by atoms with Gasteiger partial charge in [-0.05, 0) is 12.8 Å². The van der Waals surface area contributed by atoms with Crippen LogP contribution in [-0.2, 0) is 24.6 Å². The first-order valence-electron chi connectivity index (χ1n) is 7.18. The molecule has 23 heavy (non-hydrogen) atoms. The summed E-state index contributed by atoms with van der Waals surface area (Å²) in [4.78, 5) is 4.18. The third-order valence-corrected chi connectivity index (χ3v) is 3.12. The van der Waals surface area contributed by atoms with E-state index in [2.05, 4.69) is 15.2 Å². The Kier molecular flexibility index (Phi) is 4.79. The zero-order valence-electron chi connectivity index (χ0n) is 13.2. The van der Waals surface area contributed by atoms with E-state index in [1.54, 1.807) is 0 Å². The number of rotatable bonds is 5. The van der Waals surface area contributed by atoms with Crippen LogP contribution in [0.3, 0.4) is 0 Å². The predicted octanol–water partition coefficient (Wildman–Crippen LogP) is 2.56. The fourth-order valence-corrected chi connectivity index (χ4v) is 2.00. The molecule has 0 fully saturated rings. The highest BCUT2D eigenvalue weighted by Gasteiger charge is 2.37. The number of aliphatic hydroxyl groups excluding tert-OH is 1. The predicted molar refractivity (Wildman–Crippen MR) is 74.7 cm³/mol. The lowest BCUT2D eigenvalue weighted by molar-refractivity contribution is -0.142. The molecule has 0 saturated heterocycles. The smallest absolute Gasteiger partial charge is 0.396 e. The maximum Gasteiger partial charge on any atom is 0.435 e. The summed E-state index contributed by atoms with van der Waals surface area (Å²) in [5.74, 6) is 0.677. The van der Waals surface area contributed by atoms with Gasteiger partial charge in [-0.15, -0.1) is 0 Å². The van der Waals surface area contributed by atoms with Crippen molar-refractivity contribution in [3.05, 3.63) is 29.2 Å². The van der Waals surface area contributed by atoms with Crippen LogP contribution in [0.1, 0.15) is 50.2 Å². The Bertz CT molecular complexity index is 656. The Morgan fingerprint density at radius 2 is 1.96 bits per heavy atom. The van der Waals surface area contributed by atoms with Crippen LogP contribution < -0.4 is 0 Å². The number of nitrogens with zero attached hydrogens (tertiary/aromatic N) is 4. The summed E-state index contributed by atoms with van der Waals surface area (Å²) in [6.07, 6.45) is -2.88. The maximum atomic E-state index is 13.0. The van der Waals surface area contributed by atoms with Crippen LogP contribution in [0.15, 0.2) is 10.7 Å². The number of alkyl halides is 3. The lowest BCUT2D eigenvalue weighted by atomic mass is 9.97. The molecule has 0 aliphatic carbocycles. The summed E-state index contributed by atoms with van der Waals surface area (Å²) in [5, 5.41) is 16.2. The molecule has 2 aromatic heterocycles. The molecule has 2 heterocycles. The fraction of sp³-hybridized carbons (Fsp3) is 0.643. The molecule has 0 unspecified atom stereocenters. The summed E-state index contributed by atoms with van der Waals surface area (Å²) < 4.78 is 45.3. The van der Waals surface area contributed by atoms with Gasteiger partial charge in [-0.1, -0.05) is 25.9 Å². The lowest BCUT2D eigenvalue weighted by Crippen LogP contribution is -2.12. The highest BCUT2D eigenvalue weighted by molar-refractivity contribution is 5.20. The van der Waals surface area contributed by atoms with Crippen molar-refractivity contribution < 1.29 is 22.8 Å². The van der Waals surface area contributed by atoms with Crippen molar-refractivity contribution in [2.75, 3.05) is 6.61 Å². The van der Waals surface area contributed by atoms with Crippen LogP contribution in [0.4, 0.5) is 13.2 Å². The van der Waals surface area contributed by atoms with Crippen LogP contribution in [0.25, 0.3) is 0 Å². The van der Waals surface area contributed by atoms with Gasteiger partial charge >= 0.3 is 6.18 Å². The van der Waals surface area contributed by atoms with Crippen LogP contribution in [0, 0.1) is 0 Å². The number of aryl methyl sites for hydroxylation is 1. The summed E-state index contributed by atoms with van der Waals surface area (Å²) >= 11 is 0. The molecule has 0 aromatic carbocycles. The third-order valence-electron chi connectivity index (χ3n) is 3.12. The first kappa shape index (κ1) is 17.5. The van der Waals surface area contributed by atoms with Crippen molar-refractivity contribution in [3.63, 3.8) is 0 Å². The Morgan fingerprint density at radius 1 is 1.26 bits per heavy atom. The zero-order valence-corrected chi connectivity index (χ0v) is 13.2. The third kappa shape index (κ3) is 4.31. The molecule has 2 aromatic rings. The van der Waals surface area contributed by atoms with E-state index in [9.17, 15) is 13.2 Å². The van der Waals surface area contributed by atoms with E-state index in [1.807, 2.05) is 20.8 Å². The molecule has 0 aliphatic rings. The molecular weight excluding hydrogens is 313 g/mol. The van der Waals surface area contributed by atoms with Crippen LogP contribution in [0.2, 0.25) is 0 Å². The maximum absolute atomic E-state index is 13.0. The van der Waals surface area contributed by atoms with Gasteiger partial charge in [0.2, 0.25) is 5.89 Å². The minimum Gasteiger partial charge on any atom is -0.396 e. The second-order valence-electron chi connectivity index (χ2n) is 6.29. The fourth-order valence-electron chi connectivity index (χ4n) is 2.00. The van der Waals surface area contributed by atoms with E-state index in [1.165, 1.54) is 6.20 Å². The normalized spacial score (nSPS) is 12.8. The highest BCUT2D eigenvalue weighted by atomic mass is 19.4. The van der Waals surface area contributed by atoms with Gasteiger partial charge in [-0.2, -0.15) is 23.3 Å². The molecule has 1 N–H and O–H groups in total. The molecule has 0 radical (unpaired) electrons. The standard InChI is InChI=1S/C14H19F3N4O2/c1-13(2,3)12-18-10(20-23-12)8-21-7-9(5-4-6-22)11(19-21)14(15,16)17/h7,22H,4-6,8H2,1-3H3. The van der Waals surface area contributed by atoms with Crippen molar-refractivity contribution in [1.82, 2.24) is 19.9 Å². The minimum atomic E-state index is -4.54. The number of aliphatic hydroxyl groups is 1. The number of hydrogen-bond acceptors (Lipinski definition) is 5. The average Bonchev–Trinajstić information content (AvgIpc) is 3.02. The quantitative estimate of drug-likeness (QED) is 0.910. The van der Waals surface area contributed by atoms with E-state index in [-0.39, 0.29) is 42.8 Å². The highest BCUT2D eigenvalue weighted by Crippen LogP contribution is 2.31. The Balaban J connectivity index is 2.23. The van der Waals surface area contributed by atoms with Gasteiger partial charge in [0, 0.05) is 23.8 Å².